The summed E-state index contributed by atoms with van der Waals surface area (Å²) < 4.78 is 21.4. The molecule has 4 aromatic rings. The van der Waals surface area contributed by atoms with E-state index in [4.69, 9.17) is 4.74 Å². The molecule has 0 fully saturated rings. The van der Waals surface area contributed by atoms with Crippen LogP contribution in [0.15, 0.2) is 72.9 Å². The van der Waals surface area contributed by atoms with Crippen molar-refractivity contribution in [1.29, 1.82) is 0 Å². The van der Waals surface area contributed by atoms with Crippen molar-refractivity contribution >= 4 is 11.6 Å². The molecule has 2 aromatic heterocycles. The first-order chi connectivity index (χ1) is 15.1. The van der Waals surface area contributed by atoms with Crippen molar-refractivity contribution in [3.63, 3.8) is 0 Å². The number of pyridine rings is 1. The lowest BCUT2D eigenvalue weighted by atomic mass is 10.1. The quantitative estimate of drug-likeness (QED) is 0.478. The summed E-state index contributed by atoms with van der Waals surface area (Å²) in [4.78, 5) is 17.5. The van der Waals surface area contributed by atoms with Gasteiger partial charge in [-0.1, -0.05) is 48.5 Å². The number of amides is 1. The van der Waals surface area contributed by atoms with Gasteiger partial charge in [-0.05, 0) is 30.7 Å². The minimum absolute atomic E-state index is 0.0420. The number of ether oxygens (including phenoxy) is 1. The third-order valence-corrected chi connectivity index (χ3v) is 5.03. The van der Waals surface area contributed by atoms with Gasteiger partial charge in [0.15, 0.2) is 11.4 Å². The molecule has 0 saturated carbocycles. The van der Waals surface area contributed by atoms with Crippen LogP contribution in [0, 0.1) is 12.7 Å². The molecule has 0 aliphatic heterocycles. The van der Waals surface area contributed by atoms with E-state index in [1.807, 2.05) is 30.3 Å². The minimum Gasteiger partial charge on any atom is -0.485 e. The van der Waals surface area contributed by atoms with E-state index in [1.54, 1.807) is 47.9 Å². The molecule has 0 spiro atoms. The van der Waals surface area contributed by atoms with Gasteiger partial charge in [0.1, 0.15) is 18.1 Å². The Morgan fingerprint density at radius 3 is 2.61 bits per heavy atom. The van der Waals surface area contributed by atoms with E-state index in [0.29, 0.717) is 28.3 Å². The molecule has 2 aromatic carbocycles. The lowest BCUT2D eigenvalue weighted by molar-refractivity contribution is 0.0909. The molecule has 0 aliphatic carbocycles. The maximum absolute atomic E-state index is 13.9. The molecule has 0 aliphatic rings. The number of nitrogens with zero attached hydrogens (tertiary/aromatic N) is 2. The van der Waals surface area contributed by atoms with E-state index in [2.05, 4.69) is 10.3 Å². The molecule has 0 unspecified atom stereocenters. The van der Waals surface area contributed by atoms with Gasteiger partial charge in [-0.3, -0.25) is 9.20 Å². The van der Waals surface area contributed by atoms with Crippen LogP contribution in [0.3, 0.4) is 0 Å². The van der Waals surface area contributed by atoms with Gasteiger partial charge in [0.25, 0.3) is 5.91 Å². The summed E-state index contributed by atoms with van der Waals surface area (Å²) in [6.45, 7) is 1.54. The number of rotatable bonds is 7. The Morgan fingerprint density at radius 2 is 1.87 bits per heavy atom. The minimum atomic E-state index is -0.542. The number of hydrogen-bond donors (Lipinski definition) is 2. The number of halogens is 1. The van der Waals surface area contributed by atoms with Crippen molar-refractivity contribution in [3.05, 3.63) is 101 Å². The van der Waals surface area contributed by atoms with Crippen LogP contribution in [-0.4, -0.2) is 27.0 Å². The van der Waals surface area contributed by atoms with Gasteiger partial charge in [-0.2, -0.15) is 0 Å². The van der Waals surface area contributed by atoms with Crippen LogP contribution in [0.1, 0.15) is 33.4 Å². The van der Waals surface area contributed by atoms with E-state index in [1.165, 1.54) is 6.07 Å². The van der Waals surface area contributed by atoms with Crippen molar-refractivity contribution in [2.45, 2.75) is 19.6 Å². The topological polar surface area (TPSA) is 75.9 Å². The van der Waals surface area contributed by atoms with Crippen molar-refractivity contribution in [2.75, 3.05) is 6.61 Å². The van der Waals surface area contributed by atoms with Crippen LogP contribution >= 0.6 is 0 Å². The van der Waals surface area contributed by atoms with Crippen LogP contribution in [0.4, 0.5) is 4.39 Å². The number of aryl methyl sites for hydroxylation is 1. The van der Waals surface area contributed by atoms with Crippen LogP contribution < -0.4 is 10.1 Å². The van der Waals surface area contributed by atoms with Gasteiger partial charge < -0.3 is 15.2 Å². The number of benzene rings is 2. The number of hydrogen-bond acceptors (Lipinski definition) is 4. The van der Waals surface area contributed by atoms with Gasteiger partial charge >= 0.3 is 0 Å². The Hall–Kier alpha value is -3.71. The molecule has 0 bridgehead atoms. The monoisotopic (exact) mass is 419 g/mol. The zero-order valence-electron chi connectivity index (χ0n) is 17.0. The number of aromatic nitrogens is 2. The summed E-state index contributed by atoms with van der Waals surface area (Å²) >= 11 is 0. The Balaban J connectivity index is 1.60. The molecular weight excluding hydrogens is 397 g/mol. The fraction of sp³-hybridized carbons (Fsp3) is 0.167. The number of nitrogens with one attached hydrogen (secondary N) is 1. The molecule has 31 heavy (non-hydrogen) atoms. The number of carbonyl (C=O) groups is 1. The highest BCUT2D eigenvalue weighted by molar-refractivity contribution is 5.95. The van der Waals surface area contributed by atoms with Gasteiger partial charge in [-0.25, -0.2) is 9.37 Å². The van der Waals surface area contributed by atoms with Crippen LogP contribution in [-0.2, 0) is 6.61 Å². The summed E-state index contributed by atoms with van der Waals surface area (Å²) in [6.07, 6.45) is 1.72. The van der Waals surface area contributed by atoms with Crippen LogP contribution in [0.25, 0.3) is 5.65 Å². The van der Waals surface area contributed by atoms with Crippen molar-refractivity contribution in [1.82, 2.24) is 14.7 Å². The van der Waals surface area contributed by atoms with Crippen LogP contribution in [0.5, 0.6) is 5.75 Å². The van der Waals surface area contributed by atoms with Gasteiger partial charge in [-0.15, -0.1) is 0 Å². The zero-order chi connectivity index (χ0) is 21.8. The normalized spacial score (nSPS) is 12.0. The van der Waals surface area contributed by atoms with Crippen molar-refractivity contribution in [3.8, 4) is 5.75 Å². The van der Waals surface area contributed by atoms with Gasteiger partial charge in [0, 0.05) is 11.8 Å². The maximum Gasteiger partial charge on any atom is 0.270 e. The molecule has 158 valence electrons. The number of aliphatic hydroxyl groups is 1. The fourth-order valence-corrected chi connectivity index (χ4v) is 3.46. The summed E-state index contributed by atoms with van der Waals surface area (Å²) in [6, 6.07) is 18.6. The number of imidazole rings is 1. The lowest BCUT2D eigenvalue weighted by Gasteiger charge is -2.17. The van der Waals surface area contributed by atoms with Crippen molar-refractivity contribution in [2.24, 2.45) is 0 Å². The molecule has 1 atom stereocenters. The third kappa shape index (κ3) is 4.27. The first-order valence-electron chi connectivity index (χ1n) is 9.89. The van der Waals surface area contributed by atoms with E-state index < -0.39 is 6.04 Å². The Morgan fingerprint density at radius 1 is 1.13 bits per heavy atom. The highest BCUT2D eigenvalue weighted by Gasteiger charge is 2.22. The van der Waals surface area contributed by atoms with Crippen molar-refractivity contribution < 1.29 is 19.0 Å². The molecule has 0 radical (unpaired) electrons. The van der Waals surface area contributed by atoms with Gasteiger partial charge in [0.05, 0.1) is 18.3 Å². The Labute approximate surface area is 178 Å². The first-order valence-corrected chi connectivity index (χ1v) is 9.89. The zero-order valence-corrected chi connectivity index (χ0v) is 17.0. The van der Waals surface area contributed by atoms with Crippen LogP contribution in [0.2, 0.25) is 0 Å². The van der Waals surface area contributed by atoms with E-state index in [9.17, 15) is 14.3 Å². The first kappa shape index (κ1) is 20.6. The summed E-state index contributed by atoms with van der Waals surface area (Å²) in [5.41, 5.74) is 2.56. The highest BCUT2D eigenvalue weighted by atomic mass is 19.1. The average molecular weight is 419 g/mol. The largest absolute Gasteiger partial charge is 0.485 e. The molecule has 4 rings (SSSR count). The second-order valence-electron chi connectivity index (χ2n) is 7.11. The predicted octanol–water partition coefficient (Wildman–Crippen LogP) is 3.82. The number of fused-ring (bicyclic) bond motifs is 1. The number of carbonyl (C=O) groups excluding carboxylic acids is 1. The smallest absolute Gasteiger partial charge is 0.270 e. The molecule has 2 heterocycles. The molecule has 2 N–H and O–H groups in total. The Bertz CT molecular complexity index is 1210. The summed E-state index contributed by atoms with van der Waals surface area (Å²) in [5, 5.41) is 12.6. The standard InChI is InChI=1S/C24H22FN3O3/c1-16-22(24(30)27-20(14-29)17-8-3-2-4-9-17)28-13-7-12-21(23(28)26-16)31-15-18-10-5-6-11-19(18)25/h2-13,20,29H,14-15H2,1H3,(H,27,30)/t20-/m0/s1. The second kappa shape index (κ2) is 8.97. The lowest BCUT2D eigenvalue weighted by Crippen LogP contribution is -2.32. The molecule has 1 amide bonds. The highest BCUT2D eigenvalue weighted by Crippen LogP contribution is 2.24. The molecule has 6 nitrogen and oxygen atoms in total. The van der Waals surface area contributed by atoms with E-state index in [0.717, 1.165) is 5.56 Å². The third-order valence-electron chi connectivity index (χ3n) is 5.03. The fourth-order valence-electron chi connectivity index (χ4n) is 3.46. The van der Waals surface area contributed by atoms with E-state index >= 15 is 0 Å². The number of aliphatic hydroxyl groups excluding tert-OH is 1. The summed E-state index contributed by atoms with van der Waals surface area (Å²) in [5.74, 6) is -0.265. The Kier molecular flexibility index (Phi) is 5.95. The molecular formula is C24H22FN3O3. The summed E-state index contributed by atoms with van der Waals surface area (Å²) in [7, 11) is 0. The van der Waals surface area contributed by atoms with E-state index in [-0.39, 0.29) is 24.9 Å². The second-order valence-corrected chi connectivity index (χ2v) is 7.11. The average Bonchev–Trinajstić information content (AvgIpc) is 3.14. The SMILES string of the molecule is Cc1nc2c(OCc3ccccc3F)cccn2c1C(=O)N[C@@H](CO)c1ccccc1. The maximum atomic E-state index is 13.9. The molecule has 0 saturated heterocycles. The molecule has 7 heteroatoms. The van der Waals surface area contributed by atoms with Gasteiger partial charge in [0.2, 0.25) is 0 Å². The predicted molar refractivity (Wildman–Crippen MR) is 114 cm³/mol.